The van der Waals surface area contributed by atoms with Crippen molar-refractivity contribution >= 4 is 0 Å². The highest BCUT2D eigenvalue weighted by Crippen LogP contribution is 2.20. The van der Waals surface area contributed by atoms with E-state index in [2.05, 4.69) is 6.07 Å². The molecule has 0 aliphatic heterocycles. The molecule has 0 saturated carbocycles. The molecule has 0 atom stereocenters. The molecule has 0 bridgehead atoms. The first-order valence-corrected chi connectivity index (χ1v) is 6.06. The summed E-state index contributed by atoms with van der Waals surface area (Å²) in [7, 11) is 0. The second kappa shape index (κ2) is 6.03. The fraction of sp³-hybridized carbons (Fsp3) is 0.188. The van der Waals surface area contributed by atoms with Crippen molar-refractivity contribution in [2.45, 2.75) is 20.1 Å². The molecule has 0 aliphatic carbocycles. The third-order valence-corrected chi connectivity index (χ3v) is 3.00. The molecule has 0 saturated heterocycles. The first kappa shape index (κ1) is 13.1. The van der Waals surface area contributed by atoms with Crippen LogP contribution in [0.2, 0.25) is 0 Å². The molecule has 0 spiro atoms. The maximum absolute atomic E-state index is 9.22. The molecule has 1 N–H and O–H groups in total. The lowest BCUT2D eigenvalue weighted by molar-refractivity contribution is 0.259. The van der Waals surface area contributed by atoms with Gasteiger partial charge in [0.25, 0.3) is 0 Å². The van der Waals surface area contributed by atoms with Gasteiger partial charge in [0, 0.05) is 5.56 Å². The van der Waals surface area contributed by atoms with Gasteiger partial charge in [0.1, 0.15) is 12.4 Å². The zero-order valence-electron chi connectivity index (χ0n) is 10.8. The third-order valence-electron chi connectivity index (χ3n) is 3.00. The normalized spacial score (nSPS) is 9.95. The number of benzene rings is 2. The van der Waals surface area contributed by atoms with Crippen LogP contribution in [0.25, 0.3) is 0 Å². The summed E-state index contributed by atoms with van der Waals surface area (Å²) in [6.07, 6.45) is 0. The van der Waals surface area contributed by atoms with Gasteiger partial charge >= 0.3 is 0 Å². The van der Waals surface area contributed by atoms with Crippen LogP contribution in [0.15, 0.2) is 42.5 Å². The van der Waals surface area contributed by atoms with Gasteiger partial charge in [0.15, 0.2) is 0 Å². The van der Waals surface area contributed by atoms with Crippen molar-refractivity contribution < 1.29 is 9.84 Å². The highest BCUT2D eigenvalue weighted by atomic mass is 16.5. The standard InChI is InChI=1S/C16H15NO2/c1-12-8-13(9-17)6-7-15(12)11-19-16-5-3-2-4-14(16)10-18/h2-8,18H,10-11H2,1H3. The van der Waals surface area contributed by atoms with Crippen molar-refractivity contribution in [3.8, 4) is 11.8 Å². The summed E-state index contributed by atoms with van der Waals surface area (Å²) in [4.78, 5) is 0. The van der Waals surface area contributed by atoms with Crippen molar-refractivity contribution in [3.05, 3.63) is 64.7 Å². The molecule has 96 valence electrons. The Hall–Kier alpha value is -2.31. The molecule has 2 aromatic carbocycles. The molecule has 2 aromatic rings. The SMILES string of the molecule is Cc1cc(C#N)ccc1COc1ccccc1CO. The number of rotatable bonds is 4. The van der Waals surface area contributed by atoms with E-state index in [1.54, 1.807) is 6.07 Å². The van der Waals surface area contributed by atoms with E-state index in [4.69, 9.17) is 10.00 Å². The van der Waals surface area contributed by atoms with E-state index in [1.165, 1.54) is 0 Å². The largest absolute Gasteiger partial charge is 0.489 e. The highest BCUT2D eigenvalue weighted by Gasteiger charge is 2.04. The van der Waals surface area contributed by atoms with Gasteiger partial charge in [-0.15, -0.1) is 0 Å². The topological polar surface area (TPSA) is 53.2 Å². The maximum atomic E-state index is 9.22. The van der Waals surface area contributed by atoms with Crippen LogP contribution >= 0.6 is 0 Å². The van der Waals surface area contributed by atoms with Gasteiger partial charge in [-0.1, -0.05) is 24.3 Å². The Balaban J connectivity index is 2.13. The second-order valence-corrected chi connectivity index (χ2v) is 4.31. The van der Waals surface area contributed by atoms with Gasteiger partial charge < -0.3 is 9.84 Å². The van der Waals surface area contributed by atoms with Crippen molar-refractivity contribution in [3.63, 3.8) is 0 Å². The first-order chi connectivity index (χ1) is 9.24. The molecule has 3 heteroatoms. The number of aliphatic hydroxyl groups is 1. The van der Waals surface area contributed by atoms with Crippen molar-refractivity contribution in [1.82, 2.24) is 0 Å². The lowest BCUT2D eigenvalue weighted by atomic mass is 10.1. The molecule has 0 radical (unpaired) electrons. The van der Waals surface area contributed by atoms with Crippen molar-refractivity contribution in [1.29, 1.82) is 5.26 Å². The van der Waals surface area contributed by atoms with Gasteiger partial charge in [-0.3, -0.25) is 0 Å². The predicted octanol–water partition coefficient (Wildman–Crippen LogP) is 2.94. The fourth-order valence-corrected chi connectivity index (χ4v) is 1.86. The number of aliphatic hydroxyl groups excluding tert-OH is 1. The molecule has 0 aliphatic rings. The minimum atomic E-state index is -0.0392. The van der Waals surface area contributed by atoms with E-state index < -0.39 is 0 Å². The summed E-state index contributed by atoms with van der Waals surface area (Å²) >= 11 is 0. The summed E-state index contributed by atoms with van der Waals surface area (Å²) in [5.41, 5.74) is 3.48. The molecule has 0 heterocycles. The highest BCUT2D eigenvalue weighted by molar-refractivity contribution is 5.38. The van der Waals surface area contributed by atoms with Crippen LogP contribution in [0, 0.1) is 18.3 Å². The predicted molar refractivity (Wildman–Crippen MR) is 72.6 cm³/mol. The van der Waals surface area contributed by atoms with Gasteiger partial charge in [0.2, 0.25) is 0 Å². The lowest BCUT2D eigenvalue weighted by Crippen LogP contribution is -2.00. The molecule has 0 amide bonds. The maximum Gasteiger partial charge on any atom is 0.125 e. The minimum Gasteiger partial charge on any atom is -0.489 e. The summed E-state index contributed by atoms with van der Waals surface area (Å²) in [6, 6.07) is 15.1. The van der Waals surface area contributed by atoms with Crippen LogP contribution in [-0.4, -0.2) is 5.11 Å². The van der Waals surface area contributed by atoms with E-state index in [1.807, 2.05) is 43.3 Å². The van der Waals surface area contributed by atoms with Crippen molar-refractivity contribution in [2.24, 2.45) is 0 Å². The molecule has 3 nitrogen and oxygen atoms in total. The number of hydrogen-bond acceptors (Lipinski definition) is 3. The van der Waals surface area contributed by atoms with Crippen LogP contribution in [0.5, 0.6) is 5.75 Å². The Bertz CT molecular complexity index is 614. The fourth-order valence-electron chi connectivity index (χ4n) is 1.86. The number of para-hydroxylation sites is 1. The van der Waals surface area contributed by atoms with Gasteiger partial charge in [-0.05, 0) is 36.2 Å². The smallest absolute Gasteiger partial charge is 0.125 e. The number of ether oxygens (including phenoxy) is 1. The van der Waals surface area contributed by atoms with Gasteiger partial charge in [-0.25, -0.2) is 0 Å². The molecule has 2 rings (SSSR count). The van der Waals surface area contributed by atoms with E-state index >= 15 is 0 Å². The average molecular weight is 253 g/mol. The monoisotopic (exact) mass is 253 g/mol. The first-order valence-electron chi connectivity index (χ1n) is 6.06. The number of nitriles is 1. The summed E-state index contributed by atoms with van der Waals surface area (Å²) < 4.78 is 5.73. The Labute approximate surface area is 112 Å². The summed E-state index contributed by atoms with van der Waals surface area (Å²) in [5.74, 6) is 0.689. The summed E-state index contributed by atoms with van der Waals surface area (Å²) in [6.45, 7) is 2.34. The molecular formula is C16H15NO2. The number of nitrogens with zero attached hydrogens (tertiary/aromatic N) is 1. The van der Waals surface area contributed by atoms with Crippen molar-refractivity contribution in [2.75, 3.05) is 0 Å². The van der Waals surface area contributed by atoms with E-state index in [0.717, 1.165) is 16.7 Å². The average Bonchev–Trinajstić information content (AvgIpc) is 2.46. The third kappa shape index (κ3) is 3.12. The van der Waals surface area contributed by atoms with Crippen LogP contribution in [-0.2, 0) is 13.2 Å². The number of hydrogen-bond donors (Lipinski definition) is 1. The lowest BCUT2D eigenvalue weighted by Gasteiger charge is -2.11. The molecule has 0 fully saturated rings. The Morgan fingerprint density at radius 1 is 1.16 bits per heavy atom. The molecule has 0 aromatic heterocycles. The Morgan fingerprint density at radius 2 is 1.95 bits per heavy atom. The van der Waals surface area contributed by atoms with Gasteiger partial charge in [-0.2, -0.15) is 5.26 Å². The van der Waals surface area contributed by atoms with Crippen LogP contribution in [0.4, 0.5) is 0 Å². The molecular weight excluding hydrogens is 238 g/mol. The zero-order valence-corrected chi connectivity index (χ0v) is 10.8. The Morgan fingerprint density at radius 3 is 2.63 bits per heavy atom. The quantitative estimate of drug-likeness (QED) is 0.911. The van der Waals surface area contributed by atoms with E-state index in [0.29, 0.717) is 17.9 Å². The van der Waals surface area contributed by atoms with Gasteiger partial charge in [0.05, 0.1) is 18.2 Å². The van der Waals surface area contributed by atoms with E-state index in [-0.39, 0.29) is 6.61 Å². The minimum absolute atomic E-state index is 0.0392. The molecule has 19 heavy (non-hydrogen) atoms. The second-order valence-electron chi connectivity index (χ2n) is 4.31. The van der Waals surface area contributed by atoms with Crippen LogP contribution < -0.4 is 4.74 Å². The van der Waals surface area contributed by atoms with Crippen LogP contribution in [0.3, 0.4) is 0 Å². The van der Waals surface area contributed by atoms with E-state index in [9.17, 15) is 5.11 Å². The summed E-state index contributed by atoms with van der Waals surface area (Å²) in [5, 5.41) is 18.0. The Kier molecular flexibility index (Phi) is 4.17. The molecule has 0 unspecified atom stereocenters. The number of aryl methyl sites for hydroxylation is 1. The van der Waals surface area contributed by atoms with Crippen LogP contribution in [0.1, 0.15) is 22.3 Å². The zero-order chi connectivity index (χ0) is 13.7.